The van der Waals surface area contributed by atoms with Crippen molar-refractivity contribution < 1.29 is 0 Å². The molecule has 1 aliphatic carbocycles. The van der Waals surface area contributed by atoms with Gasteiger partial charge in [-0.05, 0) is 26.7 Å². The number of nitrogens with one attached hydrogen (secondary N) is 1. The third-order valence-electron chi connectivity index (χ3n) is 3.90. The minimum atomic E-state index is 0.453. The molecule has 19 heavy (non-hydrogen) atoms. The Morgan fingerprint density at radius 3 is 2.53 bits per heavy atom. The summed E-state index contributed by atoms with van der Waals surface area (Å²) in [5.74, 6) is 0.847. The maximum absolute atomic E-state index is 6.11. The van der Waals surface area contributed by atoms with Crippen LogP contribution in [0.4, 0.5) is 0 Å². The Balaban J connectivity index is 2.19. The van der Waals surface area contributed by atoms with Crippen LogP contribution in [0.1, 0.15) is 46.0 Å². The Morgan fingerprint density at radius 1 is 1.32 bits per heavy atom. The lowest BCUT2D eigenvalue weighted by Gasteiger charge is -2.37. The minimum Gasteiger partial charge on any atom is -0.394 e. The first-order valence-corrected chi connectivity index (χ1v) is 7.70. The predicted octanol–water partition coefficient (Wildman–Crippen LogP) is 1.85. The number of hydrazine groups is 1. The lowest BCUT2D eigenvalue weighted by Crippen LogP contribution is -2.49. The van der Waals surface area contributed by atoms with Crippen molar-refractivity contribution in [3.05, 3.63) is 10.7 Å². The fraction of sp³-hybridized carbons (Fsp3) is 0.769. The number of amidine groups is 1. The zero-order valence-corrected chi connectivity index (χ0v) is 12.8. The number of thiol groups is 1. The zero-order chi connectivity index (χ0) is 13.8. The van der Waals surface area contributed by atoms with E-state index in [1.807, 2.05) is 5.12 Å². The number of hydrazone groups is 1. The molecule has 0 radical (unpaired) electrons. The number of hydrogen-bond acceptors (Lipinski definition) is 6. The van der Waals surface area contributed by atoms with Gasteiger partial charge in [-0.15, -0.1) is 17.7 Å². The largest absolute Gasteiger partial charge is 0.394 e. The predicted molar refractivity (Wildman–Crippen MR) is 82.4 cm³/mol. The SMILES string of the molecule is CCN(CC)C1=NN(C2CCCCC2)NC(S)=C1N. The van der Waals surface area contributed by atoms with Crippen LogP contribution in [-0.4, -0.2) is 35.0 Å². The monoisotopic (exact) mass is 283 g/mol. The van der Waals surface area contributed by atoms with Gasteiger partial charge in [0.15, 0.2) is 5.84 Å². The molecule has 0 saturated heterocycles. The molecule has 3 N–H and O–H groups in total. The van der Waals surface area contributed by atoms with E-state index in [-0.39, 0.29) is 0 Å². The molecular weight excluding hydrogens is 258 g/mol. The number of likely N-dealkylation sites (N-methyl/N-ethyl adjacent to an activating group) is 1. The summed E-state index contributed by atoms with van der Waals surface area (Å²) >= 11 is 4.46. The smallest absolute Gasteiger partial charge is 0.176 e. The van der Waals surface area contributed by atoms with Gasteiger partial charge < -0.3 is 10.6 Å². The van der Waals surface area contributed by atoms with E-state index in [4.69, 9.17) is 10.8 Å². The van der Waals surface area contributed by atoms with E-state index in [0.29, 0.717) is 16.8 Å². The highest BCUT2D eigenvalue weighted by atomic mass is 32.1. The first kappa shape index (κ1) is 14.4. The van der Waals surface area contributed by atoms with Crippen LogP contribution in [0.5, 0.6) is 0 Å². The van der Waals surface area contributed by atoms with Crippen LogP contribution in [0.2, 0.25) is 0 Å². The molecule has 1 fully saturated rings. The van der Waals surface area contributed by atoms with Crippen molar-refractivity contribution in [1.29, 1.82) is 0 Å². The average Bonchev–Trinajstić information content (AvgIpc) is 2.45. The molecule has 5 nitrogen and oxygen atoms in total. The lowest BCUT2D eigenvalue weighted by atomic mass is 9.96. The summed E-state index contributed by atoms with van der Waals surface area (Å²) in [5, 5.41) is 7.39. The Kier molecular flexibility index (Phi) is 4.85. The van der Waals surface area contributed by atoms with Crippen molar-refractivity contribution in [2.24, 2.45) is 10.8 Å². The molecule has 1 saturated carbocycles. The Hall–Kier alpha value is -1.04. The van der Waals surface area contributed by atoms with Crippen molar-refractivity contribution in [1.82, 2.24) is 15.4 Å². The summed E-state index contributed by atoms with van der Waals surface area (Å²) in [6.07, 6.45) is 6.26. The summed E-state index contributed by atoms with van der Waals surface area (Å²) in [6, 6.07) is 0.453. The van der Waals surface area contributed by atoms with Crippen LogP contribution in [0, 0.1) is 0 Å². The first-order chi connectivity index (χ1) is 9.17. The van der Waals surface area contributed by atoms with Gasteiger partial charge >= 0.3 is 0 Å². The highest BCUT2D eigenvalue weighted by Crippen LogP contribution is 2.24. The molecule has 0 aromatic carbocycles. The van der Waals surface area contributed by atoms with E-state index in [1.54, 1.807) is 0 Å². The molecule has 1 heterocycles. The van der Waals surface area contributed by atoms with Crippen LogP contribution in [0.25, 0.3) is 0 Å². The Morgan fingerprint density at radius 2 is 1.95 bits per heavy atom. The average molecular weight is 283 g/mol. The summed E-state index contributed by atoms with van der Waals surface area (Å²) in [7, 11) is 0. The summed E-state index contributed by atoms with van der Waals surface area (Å²) < 4.78 is 0. The second-order valence-electron chi connectivity index (χ2n) is 5.11. The molecular formula is C13H25N5S. The molecule has 6 heteroatoms. The molecule has 0 unspecified atom stereocenters. The Labute approximate surface area is 121 Å². The third kappa shape index (κ3) is 3.11. The molecule has 108 valence electrons. The number of rotatable bonds is 3. The van der Waals surface area contributed by atoms with Gasteiger partial charge in [0.25, 0.3) is 0 Å². The van der Waals surface area contributed by atoms with E-state index in [1.165, 1.54) is 32.1 Å². The van der Waals surface area contributed by atoms with E-state index in [9.17, 15) is 0 Å². The molecule has 0 aromatic heterocycles. The number of nitrogens with two attached hydrogens (primary N) is 1. The molecule has 0 aromatic rings. The van der Waals surface area contributed by atoms with Gasteiger partial charge in [0.05, 0.1) is 6.04 Å². The number of hydrogen-bond donors (Lipinski definition) is 3. The van der Waals surface area contributed by atoms with Crippen LogP contribution in [0.3, 0.4) is 0 Å². The summed E-state index contributed by atoms with van der Waals surface area (Å²) in [6.45, 7) is 6.03. The maximum atomic E-state index is 6.11. The summed E-state index contributed by atoms with van der Waals surface area (Å²) in [5.41, 5.74) is 9.95. The van der Waals surface area contributed by atoms with Crippen LogP contribution in [-0.2, 0) is 0 Å². The molecule has 0 atom stereocenters. The van der Waals surface area contributed by atoms with Crippen LogP contribution >= 0.6 is 12.6 Å². The second-order valence-corrected chi connectivity index (χ2v) is 5.55. The van der Waals surface area contributed by atoms with Gasteiger partial charge in [0, 0.05) is 13.1 Å². The van der Waals surface area contributed by atoms with Crippen molar-refractivity contribution in [2.45, 2.75) is 52.0 Å². The third-order valence-corrected chi connectivity index (χ3v) is 4.24. The highest BCUT2D eigenvalue weighted by molar-refractivity contribution is 7.84. The van der Waals surface area contributed by atoms with Crippen molar-refractivity contribution in [3.63, 3.8) is 0 Å². The first-order valence-electron chi connectivity index (χ1n) is 7.25. The van der Waals surface area contributed by atoms with Crippen LogP contribution in [0.15, 0.2) is 15.8 Å². The molecule has 0 bridgehead atoms. The summed E-state index contributed by atoms with van der Waals surface area (Å²) in [4.78, 5) is 2.17. The van der Waals surface area contributed by atoms with Gasteiger partial charge in [0.1, 0.15) is 10.7 Å². The highest BCUT2D eigenvalue weighted by Gasteiger charge is 2.27. The second kappa shape index (κ2) is 6.41. The zero-order valence-electron chi connectivity index (χ0n) is 11.9. The van der Waals surface area contributed by atoms with E-state index < -0.39 is 0 Å². The standard InChI is InChI=1S/C13H25N5S/c1-3-17(4-2)12-11(14)13(19)16-18(15-12)10-8-6-5-7-9-10/h10,16,19H,3-9,14H2,1-2H3. The quantitative estimate of drug-likeness (QED) is 0.692. The van der Waals surface area contributed by atoms with E-state index in [0.717, 1.165) is 18.9 Å². The van der Waals surface area contributed by atoms with Crippen LogP contribution < -0.4 is 11.2 Å². The Bertz CT molecular complexity index is 369. The lowest BCUT2D eigenvalue weighted by molar-refractivity contribution is 0.114. The van der Waals surface area contributed by atoms with Gasteiger partial charge in [-0.2, -0.15) is 0 Å². The van der Waals surface area contributed by atoms with Gasteiger partial charge in [-0.1, -0.05) is 19.3 Å². The van der Waals surface area contributed by atoms with Gasteiger partial charge in [-0.3, -0.25) is 5.43 Å². The van der Waals surface area contributed by atoms with Crippen molar-refractivity contribution in [2.75, 3.05) is 13.1 Å². The number of nitrogens with zero attached hydrogens (tertiary/aromatic N) is 3. The minimum absolute atomic E-state index is 0.453. The van der Waals surface area contributed by atoms with Gasteiger partial charge in [-0.25, -0.2) is 5.12 Å². The van der Waals surface area contributed by atoms with Crippen molar-refractivity contribution >= 4 is 18.5 Å². The normalized spacial score (nSPS) is 21.2. The topological polar surface area (TPSA) is 56.9 Å². The fourth-order valence-corrected chi connectivity index (χ4v) is 2.91. The van der Waals surface area contributed by atoms with E-state index in [2.05, 4.69) is 36.8 Å². The maximum Gasteiger partial charge on any atom is 0.176 e. The fourth-order valence-electron chi connectivity index (χ4n) is 2.71. The van der Waals surface area contributed by atoms with Gasteiger partial charge in [0.2, 0.25) is 0 Å². The van der Waals surface area contributed by atoms with Crippen molar-refractivity contribution in [3.8, 4) is 0 Å². The molecule has 0 spiro atoms. The molecule has 0 amide bonds. The molecule has 2 aliphatic rings. The van der Waals surface area contributed by atoms with E-state index >= 15 is 0 Å². The molecule has 1 aliphatic heterocycles. The molecule has 2 rings (SSSR count).